The Bertz CT molecular complexity index is 2170. The molecule has 2 unspecified atom stereocenters. The first-order valence-corrected chi connectivity index (χ1v) is 22.5. The number of ether oxygens (including phenoxy) is 2. The molecule has 1 saturated heterocycles. The van der Waals surface area contributed by atoms with Gasteiger partial charge in [-0.1, -0.05) is 50.6 Å². The lowest BCUT2D eigenvalue weighted by atomic mass is 9.78. The average molecular weight is 927 g/mol. The molecule has 17 nitrogen and oxygen atoms in total. The van der Waals surface area contributed by atoms with E-state index in [1.165, 1.54) is 39.8 Å². The minimum absolute atomic E-state index is 0.0763. The van der Waals surface area contributed by atoms with Gasteiger partial charge in [0.25, 0.3) is 0 Å². The predicted octanol–water partition coefficient (Wildman–Crippen LogP) is 3.19. The molecule has 0 bridgehead atoms. The van der Waals surface area contributed by atoms with Gasteiger partial charge in [-0.25, -0.2) is 22.6 Å². The summed E-state index contributed by atoms with van der Waals surface area (Å²) < 4.78 is 81.6. The molecule has 2 amide bonds. The third-order valence-electron chi connectivity index (χ3n) is 11.5. The number of alkyl carbamates (subject to hydrolysis) is 1. The number of alkyl halides is 3. The second-order valence-electron chi connectivity index (χ2n) is 17.1. The van der Waals surface area contributed by atoms with Crippen molar-refractivity contribution < 1.29 is 65.9 Å². The van der Waals surface area contributed by atoms with E-state index < -0.39 is 99.9 Å². The van der Waals surface area contributed by atoms with E-state index in [1.54, 1.807) is 38.1 Å². The number of aromatic nitrogens is 2. The molecule has 356 valence electrons. The van der Waals surface area contributed by atoms with Crippen LogP contribution in [0.4, 0.5) is 18.0 Å². The summed E-state index contributed by atoms with van der Waals surface area (Å²) in [6, 6.07) is 11.8. The number of aliphatic hydroxyl groups is 4. The molecule has 0 aliphatic carbocycles. The monoisotopic (exact) mass is 926 g/mol. The molecular formula is C43H61F3N6O11S. The van der Waals surface area contributed by atoms with Gasteiger partial charge in [0.15, 0.2) is 11.8 Å². The molecule has 10 atom stereocenters. The number of rotatable bonds is 11. The van der Waals surface area contributed by atoms with Crippen molar-refractivity contribution in [2.45, 2.75) is 121 Å². The number of cyclic esters (lactones) is 1. The molecule has 0 radical (unpaired) electrons. The van der Waals surface area contributed by atoms with Crippen LogP contribution in [0.5, 0.6) is 0 Å². The van der Waals surface area contributed by atoms with Crippen molar-refractivity contribution in [3.63, 3.8) is 0 Å². The quantitative estimate of drug-likeness (QED) is 0.102. The van der Waals surface area contributed by atoms with Crippen molar-refractivity contribution in [1.82, 2.24) is 30.5 Å². The van der Waals surface area contributed by atoms with Crippen molar-refractivity contribution in [3.8, 4) is 16.9 Å². The number of sulfonamides is 1. The Morgan fingerprint density at radius 1 is 1.00 bits per heavy atom. The van der Waals surface area contributed by atoms with Crippen LogP contribution in [0.15, 0.2) is 59.5 Å². The number of benzene rings is 2. The molecule has 3 aromatic rings. The molecule has 1 fully saturated rings. The highest BCUT2D eigenvalue weighted by molar-refractivity contribution is 7.89. The molecule has 1 aliphatic rings. The van der Waals surface area contributed by atoms with Gasteiger partial charge >= 0.3 is 18.2 Å². The summed E-state index contributed by atoms with van der Waals surface area (Å²) >= 11 is 0. The number of aliphatic hydroxyl groups excluding tert-OH is 2. The summed E-state index contributed by atoms with van der Waals surface area (Å²) in [6.45, 7) is 11.8. The highest BCUT2D eigenvalue weighted by Crippen LogP contribution is 2.35. The Morgan fingerprint density at radius 2 is 1.61 bits per heavy atom. The summed E-state index contributed by atoms with van der Waals surface area (Å²) in [5.41, 5.74) is -3.14. The van der Waals surface area contributed by atoms with Crippen LogP contribution in [0.1, 0.15) is 72.6 Å². The molecule has 2 aromatic carbocycles. The van der Waals surface area contributed by atoms with Crippen molar-refractivity contribution in [3.05, 3.63) is 65.9 Å². The van der Waals surface area contributed by atoms with E-state index in [0.717, 1.165) is 28.4 Å². The zero-order valence-corrected chi connectivity index (χ0v) is 38.0. The van der Waals surface area contributed by atoms with Crippen LogP contribution < -0.4 is 20.7 Å². The first kappa shape index (κ1) is 52.0. The number of hydrogen-bond acceptors (Lipinski definition) is 13. The number of esters is 1. The minimum atomic E-state index is -4.73. The van der Waals surface area contributed by atoms with Crippen LogP contribution in [-0.4, -0.2) is 124 Å². The highest BCUT2D eigenvalue weighted by Gasteiger charge is 2.48. The summed E-state index contributed by atoms with van der Waals surface area (Å²) in [6.07, 6.45) is -11.0. The van der Waals surface area contributed by atoms with Gasteiger partial charge in [-0.05, 0) is 90.3 Å². The van der Waals surface area contributed by atoms with Crippen LogP contribution >= 0.6 is 0 Å². The first-order valence-electron chi connectivity index (χ1n) is 21.0. The molecule has 2 heterocycles. The molecule has 8 N–H and O–H groups in total. The molecule has 0 spiro atoms. The predicted molar refractivity (Wildman–Crippen MR) is 228 cm³/mol. The van der Waals surface area contributed by atoms with Gasteiger partial charge in [0, 0.05) is 30.6 Å². The Kier molecular flexibility index (Phi) is 17.2. The topological polar surface area (TPSA) is 251 Å². The van der Waals surface area contributed by atoms with Crippen molar-refractivity contribution in [2.24, 2.45) is 17.8 Å². The summed E-state index contributed by atoms with van der Waals surface area (Å²) in [4.78, 5) is 38.7. The van der Waals surface area contributed by atoms with Crippen molar-refractivity contribution >= 4 is 28.0 Å². The largest absolute Gasteiger partial charge is 0.459 e. The molecular weight excluding hydrogens is 866 g/mol. The van der Waals surface area contributed by atoms with E-state index in [1.807, 2.05) is 13.8 Å². The van der Waals surface area contributed by atoms with Gasteiger partial charge in [-0.3, -0.25) is 9.59 Å². The lowest BCUT2D eigenvalue weighted by Gasteiger charge is -2.41. The fourth-order valence-electron chi connectivity index (χ4n) is 7.76. The lowest BCUT2D eigenvalue weighted by molar-refractivity contribution is -0.190. The molecule has 21 heteroatoms. The zero-order valence-electron chi connectivity index (χ0n) is 37.1. The lowest BCUT2D eigenvalue weighted by Crippen LogP contribution is -2.61. The van der Waals surface area contributed by atoms with Crippen LogP contribution in [-0.2, 0) is 35.3 Å². The fourth-order valence-corrected chi connectivity index (χ4v) is 8.74. The number of nitrogens with one attached hydrogen (secondary N) is 4. The fraction of sp³-hybridized carbons (Fsp3) is 0.581. The Balaban J connectivity index is 1.36. The summed E-state index contributed by atoms with van der Waals surface area (Å²) in [7, 11) is -4.27. The highest BCUT2D eigenvalue weighted by atomic mass is 32.2. The smallest absolute Gasteiger partial charge is 0.435 e. The van der Waals surface area contributed by atoms with Gasteiger partial charge in [-0.15, -0.1) is 0 Å². The van der Waals surface area contributed by atoms with Crippen molar-refractivity contribution in [2.75, 3.05) is 26.2 Å². The second kappa shape index (κ2) is 21.1. The van der Waals surface area contributed by atoms with E-state index in [2.05, 4.69) is 25.8 Å². The summed E-state index contributed by atoms with van der Waals surface area (Å²) in [5.74, 6) is -4.02. The number of hydrogen-bond donors (Lipinski definition) is 8. The van der Waals surface area contributed by atoms with Crippen LogP contribution in [0, 0.1) is 24.7 Å². The van der Waals surface area contributed by atoms with Crippen molar-refractivity contribution in [1.29, 1.82) is 0 Å². The Labute approximate surface area is 371 Å². The van der Waals surface area contributed by atoms with E-state index >= 15 is 0 Å². The van der Waals surface area contributed by atoms with Gasteiger partial charge in [0.1, 0.15) is 11.7 Å². The third kappa shape index (κ3) is 13.0. The molecule has 64 heavy (non-hydrogen) atoms. The van der Waals surface area contributed by atoms with E-state index in [-0.39, 0.29) is 54.7 Å². The van der Waals surface area contributed by atoms with Crippen LogP contribution in [0.3, 0.4) is 0 Å². The summed E-state index contributed by atoms with van der Waals surface area (Å²) in [5, 5.41) is 56.9. The van der Waals surface area contributed by atoms with Crippen LogP contribution in [0.2, 0.25) is 0 Å². The number of aryl methyl sites for hydroxylation is 1. The normalized spacial score (nSPS) is 28.9. The molecule has 4 rings (SSSR count). The van der Waals surface area contributed by atoms with E-state index in [4.69, 9.17) is 9.47 Å². The minimum Gasteiger partial charge on any atom is -0.459 e. The van der Waals surface area contributed by atoms with Crippen LogP contribution in [0.25, 0.3) is 16.9 Å². The van der Waals surface area contributed by atoms with E-state index in [0.29, 0.717) is 5.56 Å². The third-order valence-corrected chi connectivity index (χ3v) is 12.9. The maximum atomic E-state index is 13.6. The van der Waals surface area contributed by atoms with Gasteiger partial charge < -0.3 is 45.9 Å². The SMILES string of the molecule is CC[C@H]1OC(=O)[C@H](C)C(O)[C@H](C)[C@@H](O)[C@](C)(O)C[C@@H](C)CN[C@H](C)C(OC(=O)NCCNC(=O)CNS(=O)(=O)c2ccc(-n3nc(C(F)(F)F)cc3-c3ccc(C)cc3)cc2)[C@]1(C)O. The number of carbonyl (C=O) groups excluding carboxylic acids is 3. The standard InChI is InChI=1S/C43H61F3N6O11S/c1-9-34-42(8,59)38(28(6)49-22-25(3)21-41(7,58)37(55)26(4)36(54)27(5)39(56)62-34)63-40(57)48-19-18-47-35(53)23-50-64(60,61)31-16-14-30(15-17-31)52-32(20-33(51-52)43(44,45)46)29-12-10-24(2)11-13-29/h10-17,20,25-28,34,36-38,49-50,54-55,58-59H,9,18-19,21-23H2,1-8H3,(H,47,53)(H,48,57)/t25-,26+,27-,28-,34-,36?,37-,38?,41-,42-/m1/s1. The van der Waals surface area contributed by atoms with E-state index in [9.17, 15) is 56.4 Å². The molecule has 1 aliphatic heterocycles. The number of carbonyl (C=O) groups is 3. The molecule has 0 saturated carbocycles. The number of halogens is 3. The second-order valence-corrected chi connectivity index (χ2v) is 18.9. The van der Waals surface area contributed by atoms with Gasteiger partial charge in [0.2, 0.25) is 15.9 Å². The Hall–Kier alpha value is -4.64. The van der Waals surface area contributed by atoms with Gasteiger partial charge in [0.05, 0.1) is 46.5 Å². The van der Waals surface area contributed by atoms with Gasteiger partial charge in [-0.2, -0.15) is 18.3 Å². The Morgan fingerprint density at radius 3 is 2.20 bits per heavy atom. The number of nitrogens with zero attached hydrogens (tertiary/aromatic N) is 2. The first-order chi connectivity index (χ1) is 29.7. The zero-order chi connectivity index (χ0) is 47.9. The number of amides is 2. The molecule has 1 aromatic heterocycles. The maximum absolute atomic E-state index is 13.6. The average Bonchev–Trinajstić information content (AvgIpc) is 3.70. The maximum Gasteiger partial charge on any atom is 0.435 e.